The molecule has 0 aromatic heterocycles. The summed E-state index contributed by atoms with van der Waals surface area (Å²) < 4.78 is 13.6. The molecule has 1 aliphatic heterocycles. The molecule has 2 aromatic rings. The molecule has 0 radical (unpaired) electrons. The van der Waals surface area contributed by atoms with Crippen LogP contribution in [0.4, 0.5) is 5.69 Å². The summed E-state index contributed by atoms with van der Waals surface area (Å²) in [5.74, 6) is 1.67. The number of nitrogens with two attached hydrogens (primary N) is 1. The largest absolute Gasteiger partial charge is 0.497 e. The molecule has 0 saturated heterocycles. The van der Waals surface area contributed by atoms with Crippen molar-refractivity contribution in [1.82, 2.24) is 4.58 Å². The van der Waals surface area contributed by atoms with Gasteiger partial charge in [-0.1, -0.05) is 12.1 Å². The lowest BCUT2D eigenvalue weighted by Crippen LogP contribution is -2.21. The zero-order valence-corrected chi connectivity index (χ0v) is 15.1. The number of fused-ring (bicyclic) bond motifs is 2. The second-order valence-electron chi connectivity index (χ2n) is 6.54. The van der Waals surface area contributed by atoms with Crippen molar-refractivity contribution in [2.75, 3.05) is 26.9 Å². The Labute approximate surface area is 152 Å². The minimum Gasteiger partial charge on any atom is -0.497 e. The molecular formula is C22H21N2O2+. The zero-order chi connectivity index (χ0) is 18.3. The number of ether oxygens (including phenoxy) is 1. The van der Waals surface area contributed by atoms with Crippen LogP contribution in [0, 0.1) is 0 Å². The van der Waals surface area contributed by atoms with Gasteiger partial charge >= 0.3 is 0 Å². The van der Waals surface area contributed by atoms with Crippen LogP contribution in [0.25, 0.3) is 33.4 Å². The molecule has 2 aliphatic rings. The molecule has 0 saturated carbocycles. The number of hydrogen-bond donors (Lipinski definition) is 1. The molecule has 130 valence electrons. The Hall–Kier alpha value is -3.27. The first-order valence-corrected chi connectivity index (χ1v) is 8.47. The van der Waals surface area contributed by atoms with E-state index < -0.39 is 0 Å². The van der Waals surface area contributed by atoms with Gasteiger partial charge in [-0.05, 0) is 35.9 Å². The van der Waals surface area contributed by atoms with Crippen molar-refractivity contribution in [3.8, 4) is 28.2 Å². The van der Waals surface area contributed by atoms with Gasteiger partial charge in [0.1, 0.15) is 31.2 Å². The van der Waals surface area contributed by atoms with Crippen molar-refractivity contribution in [3.63, 3.8) is 0 Å². The molecule has 0 unspecified atom stereocenters. The summed E-state index contributed by atoms with van der Waals surface area (Å²) in [6, 6.07) is 20.2. The Bertz CT molecular complexity index is 1140. The second-order valence-corrected chi connectivity index (χ2v) is 6.54. The van der Waals surface area contributed by atoms with E-state index in [1.807, 2.05) is 44.4 Å². The van der Waals surface area contributed by atoms with Crippen LogP contribution in [0.2, 0.25) is 0 Å². The Kier molecular flexibility index (Phi) is 3.88. The summed E-state index contributed by atoms with van der Waals surface area (Å²) in [7, 11) is 5.71. The second kappa shape index (κ2) is 6.23. The number of methoxy groups -OCH3 is 1. The molecule has 4 nitrogen and oxygen atoms in total. The number of hydrogen-bond acceptors (Lipinski definition) is 3. The highest BCUT2D eigenvalue weighted by atomic mass is 16.5. The third kappa shape index (κ3) is 2.69. The molecule has 1 heterocycles. The first-order chi connectivity index (χ1) is 12.6. The van der Waals surface area contributed by atoms with Crippen LogP contribution in [0.3, 0.4) is 0 Å². The van der Waals surface area contributed by atoms with Crippen LogP contribution < -0.4 is 20.4 Å². The van der Waals surface area contributed by atoms with E-state index in [1.165, 1.54) is 0 Å². The first-order valence-electron chi connectivity index (χ1n) is 8.47. The van der Waals surface area contributed by atoms with Gasteiger partial charge in [-0.15, -0.1) is 0 Å². The minimum absolute atomic E-state index is 0.685. The fourth-order valence-corrected chi connectivity index (χ4v) is 3.24. The fourth-order valence-electron chi connectivity index (χ4n) is 3.24. The van der Waals surface area contributed by atoms with Gasteiger partial charge in [-0.25, -0.2) is 4.58 Å². The normalized spacial score (nSPS) is 11.0. The molecule has 0 amide bonds. The third-order valence-electron chi connectivity index (χ3n) is 4.62. The lowest BCUT2D eigenvalue weighted by Gasteiger charge is -2.15. The van der Waals surface area contributed by atoms with Gasteiger partial charge in [-0.3, -0.25) is 0 Å². The van der Waals surface area contributed by atoms with E-state index in [0.717, 1.165) is 44.5 Å². The number of nitrogens with zero attached hydrogens (tertiary/aromatic N) is 1. The van der Waals surface area contributed by atoms with Gasteiger partial charge in [0.05, 0.1) is 13.2 Å². The number of rotatable bonds is 2. The summed E-state index contributed by atoms with van der Waals surface area (Å²) in [4.78, 5) is 0. The van der Waals surface area contributed by atoms with Crippen LogP contribution in [-0.4, -0.2) is 21.2 Å². The number of nitrogen functional groups attached to an aromatic ring is 1. The highest BCUT2D eigenvalue weighted by Crippen LogP contribution is 2.40. The number of anilines is 1. The molecule has 0 fully saturated rings. The summed E-state index contributed by atoms with van der Waals surface area (Å²) in [5.41, 5.74) is 10.8. The predicted molar refractivity (Wildman–Crippen MR) is 106 cm³/mol. The topological polar surface area (TPSA) is 51.4 Å². The fraction of sp³-hybridized carbons (Fsp3) is 0.136. The highest BCUT2D eigenvalue weighted by Gasteiger charge is 2.18. The summed E-state index contributed by atoms with van der Waals surface area (Å²) >= 11 is 0. The van der Waals surface area contributed by atoms with E-state index in [2.05, 4.69) is 34.9 Å². The highest BCUT2D eigenvalue weighted by molar-refractivity contribution is 6.02. The summed E-state index contributed by atoms with van der Waals surface area (Å²) in [6.07, 6.45) is 0. The maximum absolute atomic E-state index is 6.19. The van der Waals surface area contributed by atoms with Crippen molar-refractivity contribution in [3.05, 3.63) is 66.0 Å². The van der Waals surface area contributed by atoms with Crippen molar-refractivity contribution in [2.24, 2.45) is 0 Å². The van der Waals surface area contributed by atoms with Gasteiger partial charge in [0.2, 0.25) is 5.36 Å². The standard InChI is InChI=1S/C22H20N2O2/c1-24(2)16-7-11-19-21(13-16)26-20-12-15(23)6-10-18(20)22(19)14-4-8-17(25-3)9-5-14/h4-13,23H,1-3H3/p+1. The van der Waals surface area contributed by atoms with Crippen LogP contribution in [0.5, 0.6) is 5.75 Å². The average Bonchev–Trinajstić information content (AvgIpc) is 2.65. The van der Waals surface area contributed by atoms with E-state index in [-0.39, 0.29) is 0 Å². The smallest absolute Gasteiger partial charge is 0.203 e. The van der Waals surface area contributed by atoms with Crippen molar-refractivity contribution in [1.29, 1.82) is 0 Å². The Morgan fingerprint density at radius 1 is 0.923 bits per heavy atom. The van der Waals surface area contributed by atoms with Crippen molar-refractivity contribution in [2.45, 2.75) is 0 Å². The molecule has 1 aliphatic carbocycles. The van der Waals surface area contributed by atoms with Gasteiger partial charge < -0.3 is 14.9 Å². The van der Waals surface area contributed by atoms with E-state index in [1.54, 1.807) is 7.11 Å². The summed E-state index contributed by atoms with van der Waals surface area (Å²) in [6.45, 7) is 0. The Morgan fingerprint density at radius 3 is 2.38 bits per heavy atom. The Morgan fingerprint density at radius 2 is 1.69 bits per heavy atom. The van der Waals surface area contributed by atoms with E-state index in [4.69, 9.17) is 14.9 Å². The van der Waals surface area contributed by atoms with Crippen LogP contribution >= 0.6 is 0 Å². The lowest BCUT2D eigenvalue weighted by atomic mass is 9.93. The molecule has 0 spiro atoms. The van der Waals surface area contributed by atoms with Crippen molar-refractivity contribution < 1.29 is 9.15 Å². The first kappa shape index (κ1) is 16.2. The third-order valence-corrected chi connectivity index (χ3v) is 4.62. The molecule has 2 aromatic carbocycles. The zero-order valence-electron chi connectivity index (χ0n) is 15.1. The van der Waals surface area contributed by atoms with Crippen molar-refractivity contribution >= 4 is 16.7 Å². The monoisotopic (exact) mass is 345 g/mol. The van der Waals surface area contributed by atoms with E-state index in [9.17, 15) is 0 Å². The molecule has 0 bridgehead atoms. The number of benzene rings is 3. The van der Waals surface area contributed by atoms with Crippen LogP contribution in [-0.2, 0) is 0 Å². The maximum atomic E-state index is 6.19. The lowest BCUT2D eigenvalue weighted by molar-refractivity contribution is 0.415. The molecule has 4 heteroatoms. The predicted octanol–water partition coefficient (Wildman–Crippen LogP) is 3.83. The van der Waals surface area contributed by atoms with Gasteiger partial charge in [0.15, 0.2) is 0 Å². The Balaban J connectivity index is 2.11. The van der Waals surface area contributed by atoms with Gasteiger partial charge in [-0.2, -0.15) is 0 Å². The molecule has 26 heavy (non-hydrogen) atoms. The van der Waals surface area contributed by atoms with Crippen LogP contribution in [0.1, 0.15) is 0 Å². The molecular weight excluding hydrogens is 324 g/mol. The van der Waals surface area contributed by atoms with Gasteiger partial charge in [0, 0.05) is 34.3 Å². The van der Waals surface area contributed by atoms with E-state index in [0.29, 0.717) is 5.69 Å². The molecule has 0 atom stereocenters. The van der Waals surface area contributed by atoms with Crippen LogP contribution in [0.15, 0.2) is 65.1 Å². The molecule has 2 N–H and O–H groups in total. The SMILES string of the molecule is COc1ccc(-c2c3ccc(=[N+](C)C)cc-3oc3cc(N)ccc23)cc1. The molecule has 4 rings (SSSR count). The average molecular weight is 345 g/mol. The van der Waals surface area contributed by atoms with E-state index >= 15 is 0 Å². The minimum atomic E-state index is 0.685. The maximum Gasteiger partial charge on any atom is 0.203 e. The van der Waals surface area contributed by atoms with Gasteiger partial charge in [0.25, 0.3) is 0 Å². The quantitative estimate of drug-likeness (QED) is 0.341. The summed E-state index contributed by atoms with van der Waals surface area (Å²) in [5, 5.41) is 2.12.